The number of nitrogens with zero attached hydrogens (tertiary/aromatic N) is 2. The number of aromatic nitrogens is 3. The molecule has 4 heteroatoms. The molecule has 0 aliphatic rings. The summed E-state index contributed by atoms with van der Waals surface area (Å²) >= 11 is 1.65. The molecule has 0 aliphatic heterocycles. The normalized spacial score (nSPS) is 13.2. The Morgan fingerprint density at radius 3 is 2.69 bits per heavy atom. The van der Waals surface area contributed by atoms with Crippen LogP contribution in [0.25, 0.3) is 0 Å². The zero-order valence-corrected chi connectivity index (χ0v) is 10.7. The Balaban J connectivity index is 2.03. The average molecular weight is 235 g/mol. The molecule has 0 saturated heterocycles. The third-order valence-electron chi connectivity index (χ3n) is 2.72. The van der Waals surface area contributed by atoms with Gasteiger partial charge in [0.05, 0.1) is 16.9 Å². The largest absolute Gasteiger partial charge is 0.282 e. The maximum atomic E-state index is 4.34. The van der Waals surface area contributed by atoms with Crippen molar-refractivity contribution in [1.82, 2.24) is 15.2 Å². The Kier molecular flexibility index (Phi) is 3.39. The van der Waals surface area contributed by atoms with Crippen molar-refractivity contribution in [2.24, 2.45) is 0 Å². The van der Waals surface area contributed by atoms with E-state index in [1.165, 1.54) is 11.4 Å². The topological polar surface area (TPSA) is 41.6 Å². The molecule has 0 saturated carbocycles. The highest BCUT2D eigenvalue weighted by molar-refractivity contribution is 7.07. The molecule has 0 amide bonds. The maximum Gasteiger partial charge on any atom is 0.0794 e. The van der Waals surface area contributed by atoms with Gasteiger partial charge >= 0.3 is 0 Å². The first kappa shape index (κ1) is 11.3. The van der Waals surface area contributed by atoms with Gasteiger partial charge in [0.25, 0.3) is 0 Å². The van der Waals surface area contributed by atoms with Crippen LogP contribution < -0.4 is 0 Å². The van der Waals surface area contributed by atoms with Crippen LogP contribution in [0.1, 0.15) is 49.7 Å². The van der Waals surface area contributed by atoms with E-state index >= 15 is 0 Å². The van der Waals surface area contributed by atoms with E-state index in [1.54, 1.807) is 11.3 Å². The van der Waals surface area contributed by atoms with Crippen molar-refractivity contribution in [2.75, 3.05) is 0 Å². The van der Waals surface area contributed by atoms with Crippen molar-refractivity contribution >= 4 is 11.3 Å². The summed E-state index contributed by atoms with van der Waals surface area (Å²) in [6.07, 6.45) is 0.976. The van der Waals surface area contributed by atoms with Gasteiger partial charge in [-0.25, -0.2) is 4.98 Å². The lowest BCUT2D eigenvalue weighted by Crippen LogP contribution is -1.98. The number of aromatic amines is 1. The fraction of sp³-hybridized carbons (Fsp3) is 0.500. The smallest absolute Gasteiger partial charge is 0.0794 e. The van der Waals surface area contributed by atoms with Crippen molar-refractivity contribution in [2.45, 2.75) is 39.0 Å². The van der Waals surface area contributed by atoms with Crippen LogP contribution in [0, 0.1) is 0 Å². The summed E-state index contributed by atoms with van der Waals surface area (Å²) < 4.78 is 0. The van der Waals surface area contributed by atoms with Crippen LogP contribution >= 0.6 is 11.3 Å². The van der Waals surface area contributed by atoms with Gasteiger partial charge in [0.1, 0.15) is 0 Å². The molecule has 1 N–H and O–H groups in total. The molecule has 3 nitrogen and oxygen atoms in total. The predicted octanol–water partition coefficient (Wildman–Crippen LogP) is 3.34. The third-order valence-corrected chi connectivity index (χ3v) is 3.33. The molecule has 0 unspecified atom stereocenters. The molecule has 0 aliphatic carbocycles. The van der Waals surface area contributed by atoms with Crippen LogP contribution in [0.15, 0.2) is 17.0 Å². The molecule has 2 aromatic rings. The van der Waals surface area contributed by atoms with Crippen molar-refractivity contribution in [3.63, 3.8) is 0 Å². The molecule has 0 spiro atoms. The summed E-state index contributed by atoms with van der Waals surface area (Å²) in [6.45, 7) is 6.51. The Labute approximate surface area is 99.9 Å². The molecular weight excluding hydrogens is 218 g/mol. The molecule has 1 atom stereocenters. The fourth-order valence-electron chi connectivity index (χ4n) is 1.68. The van der Waals surface area contributed by atoms with Gasteiger partial charge in [0.2, 0.25) is 0 Å². The van der Waals surface area contributed by atoms with Gasteiger partial charge in [-0.1, -0.05) is 20.8 Å². The standard InChI is InChI=1S/C12H17N3S/c1-8(2)11-5-10(14-15-11)4-9(3)12-6-16-7-13-12/h5-9H,4H2,1-3H3,(H,14,15)/t9-/m0/s1. The first-order valence-electron chi connectivity index (χ1n) is 5.59. The van der Waals surface area contributed by atoms with Crippen molar-refractivity contribution in [3.8, 4) is 0 Å². The van der Waals surface area contributed by atoms with Gasteiger partial charge in [-0.05, 0) is 18.4 Å². The summed E-state index contributed by atoms with van der Waals surface area (Å²) in [7, 11) is 0. The second kappa shape index (κ2) is 4.78. The van der Waals surface area contributed by atoms with E-state index in [0.29, 0.717) is 11.8 Å². The monoisotopic (exact) mass is 235 g/mol. The Morgan fingerprint density at radius 1 is 1.31 bits per heavy atom. The van der Waals surface area contributed by atoms with E-state index < -0.39 is 0 Å². The van der Waals surface area contributed by atoms with Gasteiger partial charge in [-0.15, -0.1) is 11.3 Å². The van der Waals surface area contributed by atoms with Gasteiger partial charge in [0.15, 0.2) is 0 Å². The lowest BCUT2D eigenvalue weighted by Gasteiger charge is -2.05. The molecule has 2 aromatic heterocycles. The number of hydrogen-bond acceptors (Lipinski definition) is 3. The van der Waals surface area contributed by atoms with E-state index in [9.17, 15) is 0 Å². The number of H-pyrrole nitrogens is 1. The van der Waals surface area contributed by atoms with Crippen LogP contribution in [0.4, 0.5) is 0 Å². The van der Waals surface area contributed by atoms with Crippen molar-refractivity contribution < 1.29 is 0 Å². The summed E-state index contributed by atoms with van der Waals surface area (Å²) in [6, 6.07) is 2.16. The van der Waals surface area contributed by atoms with Gasteiger partial charge < -0.3 is 0 Å². The molecule has 0 radical (unpaired) electrons. The molecule has 2 rings (SSSR count). The van der Waals surface area contributed by atoms with E-state index in [0.717, 1.165) is 12.1 Å². The highest BCUT2D eigenvalue weighted by Crippen LogP contribution is 2.20. The molecule has 0 aromatic carbocycles. The minimum absolute atomic E-state index is 0.451. The molecule has 86 valence electrons. The van der Waals surface area contributed by atoms with E-state index in [1.807, 2.05) is 5.51 Å². The second-order valence-electron chi connectivity index (χ2n) is 4.49. The minimum Gasteiger partial charge on any atom is -0.282 e. The summed E-state index contributed by atoms with van der Waals surface area (Å²) in [5.74, 6) is 0.936. The average Bonchev–Trinajstić information content (AvgIpc) is 2.87. The van der Waals surface area contributed by atoms with Gasteiger partial charge in [0, 0.05) is 17.0 Å². The van der Waals surface area contributed by atoms with Crippen molar-refractivity contribution in [3.05, 3.63) is 34.0 Å². The van der Waals surface area contributed by atoms with Crippen molar-refractivity contribution in [1.29, 1.82) is 0 Å². The summed E-state index contributed by atoms with van der Waals surface area (Å²) in [5, 5.41) is 9.53. The number of rotatable bonds is 4. The Morgan fingerprint density at radius 2 is 2.12 bits per heavy atom. The molecular formula is C12H17N3S. The molecule has 0 bridgehead atoms. The zero-order valence-electron chi connectivity index (χ0n) is 9.90. The van der Waals surface area contributed by atoms with E-state index in [2.05, 4.69) is 47.4 Å². The lowest BCUT2D eigenvalue weighted by atomic mass is 10.0. The lowest BCUT2D eigenvalue weighted by molar-refractivity contribution is 0.717. The van der Waals surface area contributed by atoms with Crippen LogP contribution in [0.5, 0.6) is 0 Å². The number of hydrogen-bond donors (Lipinski definition) is 1. The SMILES string of the molecule is CC(C)c1cc(C[C@H](C)c2cscn2)[nH]n1. The minimum atomic E-state index is 0.451. The van der Waals surface area contributed by atoms with Crippen LogP contribution in [-0.2, 0) is 6.42 Å². The molecule has 0 fully saturated rings. The van der Waals surface area contributed by atoms with Crippen LogP contribution in [0.2, 0.25) is 0 Å². The predicted molar refractivity (Wildman–Crippen MR) is 66.9 cm³/mol. The zero-order chi connectivity index (χ0) is 11.5. The van der Waals surface area contributed by atoms with Gasteiger partial charge in [-0.3, -0.25) is 5.10 Å². The number of nitrogens with one attached hydrogen (secondary N) is 1. The molecule has 2 heterocycles. The first-order valence-corrected chi connectivity index (χ1v) is 6.53. The number of thiazole rings is 1. The van der Waals surface area contributed by atoms with E-state index in [-0.39, 0.29) is 0 Å². The summed E-state index contributed by atoms with van der Waals surface area (Å²) in [4.78, 5) is 4.34. The van der Waals surface area contributed by atoms with Gasteiger partial charge in [-0.2, -0.15) is 5.10 Å². The van der Waals surface area contributed by atoms with E-state index in [4.69, 9.17) is 0 Å². The highest BCUT2D eigenvalue weighted by Gasteiger charge is 2.11. The highest BCUT2D eigenvalue weighted by atomic mass is 32.1. The molecule has 16 heavy (non-hydrogen) atoms. The van der Waals surface area contributed by atoms with Crippen LogP contribution in [0.3, 0.4) is 0 Å². The quantitative estimate of drug-likeness (QED) is 0.883. The second-order valence-corrected chi connectivity index (χ2v) is 5.21. The maximum absolute atomic E-state index is 4.34. The Hall–Kier alpha value is -1.16. The fourth-order valence-corrected chi connectivity index (χ4v) is 2.36. The third kappa shape index (κ3) is 2.50. The Bertz CT molecular complexity index is 431. The summed E-state index contributed by atoms with van der Waals surface area (Å²) in [5.41, 5.74) is 5.40. The van der Waals surface area contributed by atoms with Crippen LogP contribution in [-0.4, -0.2) is 15.2 Å². The first-order chi connectivity index (χ1) is 7.66.